The number of nitrogens with zero attached hydrogens (tertiary/aromatic N) is 1. The third kappa shape index (κ3) is 5.32. The molecule has 1 N–H and O–H groups in total. The molecule has 2 unspecified atom stereocenters. The third-order valence-corrected chi connectivity index (χ3v) is 6.47. The zero-order valence-corrected chi connectivity index (χ0v) is 13.7. The van der Waals surface area contributed by atoms with Crippen molar-refractivity contribution < 1.29 is 0 Å². The molecule has 2 nitrogen and oxygen atoms in total. The second-order valence-electron chi connectivity index (χ2n) is 6.61. The van der Waals surface area contributed by atoms with Crippen LogP contribution in [0.1, 0.15) is 27.2 Å². The number of hydrogen-bond acceptors (Lipinski definition) is 4. The van der Waals surface area contributed by atoms with Crippen LogP contribution in [0, 0.1) is 5.92 Å². The van der Waals surface area contributed by atoms with Gasteiger partial charge in [-0.2, -0.15) is 23.5 Å². The molecule has 2 fully saturated rings. The highest BCUT2D eigenvalue weighted by molar-refractivity contribution is 8.06. The number of likely N-dealkylation sites (tertiary alicyclic amines) is 1. The summed E-state index contributed by atoms with van der Waals surface area (Å²) in [6.45, 7) is 11.9. The van der Waals surface area contributed by atoms with Gasteiger partial charge in [0.05, 0.1) is 0 Å². The van der Waals surface area contributed by atoms with Crippen LogP contribution < -0.4 is 5.32 Å². The van der Waals surface area contributed by atoms with E-state index in [1.54, 1.807) is 0 Å². The van der Waals surface area contributed by atoms with Gasteiger partial charge in [0.15, 0.2) is 0 Å². The molecule has 0 aliphatic carbocycles. The summed E-state index contributed by atoms with van der Waals surface area (Å²) in [5.41, 5.74) is 0.267. The highest BCUT2D eigenvalue weighted by atomic mass is 32.2. The van der Waals surface area contributed by atoms with Crippen molar-refractivity contribution in [3.63, 3.8) is 0 Å². The number of thioether (sulfide) groups is 2. The van der Waals surface area contributed by atoms with E-state index in [1.165, 1.54) is 49.9 Å². The van der Waals surface area contributed by atoms with Crippen LogP contribution in [0.4, 0.5) is 0 Å². The van der Waals surface area contributed by atoms with Crippen LogP contribution in [0.3, 0.4) is 0 Å². The highest BCUT2D eigenvalue weighted by Crippen LogP contribution is 2.26. The van der Waals surface area contributed by atoms with E-state index in [9.17, 15) is 0 Å². The highest BCUT2D eigenvalue weighted by Gasteiger charge is 2.26. The minimum Gasteiger partial charge on any atom is -0.312 e. The molecule has 2 rings (SSSR count). The van der Waals surface area contributed by atoms with Gasteiger partial charge in [-0.3, -0.25) is 0 Å². The van der Waals surface area contributed by atoms with Gasteiger partial charge in [0.2, 0.25) is 0 Å². The lowest BCUT2D eigenvalue weighted by Gasteiger charge is -2.27. The summed E-state index contributed by atoms with van der Waals surface area (Å²) in [5.74, 6) is 4.95. The van der Waals surface area contributed by atoms with E-state index in [-0.39, 0.29) is 5.54 Å². The maximum Gasteiger partial charge on any atom is 0.0265 e. The standard InChI is InChI=1S/C14H28N2S2/c1-14(2,3)15-8-12-4-5-16(9-12)10-13-11-17-6-7-18-13/h12-13,15H,4-11H2,1-3H3. The van der Waals surface area contributed by atoms with E-state index < -0.39 is 0 Å². The van der Waals surface area contributed by atoms with E-state index in [0.29, 0.717) is 0 Å². The molecule has 2 heterocycles. The van der Waals surface area contributed by atoms with Crippen molar-refractivity contribution in [1.29, 1.82) is 0 Å². The first kappa shape index (κ1) is 15.0. The zero-order chi connectivity index (χ0) is 13.0. The summed E-state index contributed by atoms with van der Waals surface area (Å²) in [4.78, 5) is 2.69. The fourth-order valence-corrected chi connectivity index (χ4v) is 5.34. The molecule has 0 bridgehead atoms. The molecule has 0 aromatic carbocycles. The topological polar surface area (TPSA) is 15.3 Å². The van der Waals surface area contributed by atoms with Gasteiger partial charge in [0.1, 0.15) is 0 Å². The Labute approximate surface area is 121 Å². The van der Waals surface area contributed by atoms with Crippen LogP contribution in [0.25, 0.3) is 0 Å². The van der Waals surface area contributed by atoms with Gasteiger partial charge in [-0.15, -0.1) is 0 Å². The Morgan fingerprint density at radius 1 is 1.28 bits per heavy atom. The van der Waals surface area contributed by atoms with Gasteiger partial charge in [-0.1, -0.05) is 0 Å². The summed E-state index contributed by atoms with van der Waals surface area (Å²) in [5, 5.41) is 4.54. The fraction of sp³-hybridized carbons (Fsp3) is 1.00. The van der Waals surface area contributed by atoms with Crippen molar-refractivity contribution in [2.24, 2.45) is 5.92 Å². The maximum atomic E-state index is 3.65. The predicted molar refractivity (Wildman–Crippen MR) is 85.9 cm³/mol. The number of rotatable bonds is 4. The summed E-state index contributed by atoms with van der Waals surface area (Å²) in [6.07, 6.45) is 1.38. The predicted octanol–water partition coefficient (Wildman–Crippen LogP) is 2.55. The maximum absolute atomic E-state index is 3.65. The van der Waals surface area contributed by atoms with Gasteiger partial charge in [0.25, 0.3) is 0 Å². The molecular weight excluding hydrogens is 260 g/mol. The molecule has 0 spiro atoms. The number of hydrogen-bond donors (Lipinski definition) is 1. The summed E-state index contributed by atoms with van der Waals surface area (Å²) in [6, 6.07) is 0. The average molecular weight is 289 g/mol. The number of nitrogens with one attached hydrogen (secondary N) is 1. The first-order valence-corrected chi connectivity index (χ1v) is 9.40. The van der Waals surface area contributed by atoms with Crippen molar-refractivity contribution in [2.45, 2.75) is 38.0 Å². The molecule has 4 heteroatoms. The van der Waals surface area contributed by atoms with Crippen LogP contribution in [0.5, 0.6) is 0 Å². The second kappa shape index (κ2) is 6.87. The van der Waals surface area contributed by atoms with Crippen molar-refractivity contribution in [1.82, 2.24) is 10.2 Å². The molecule has 0 saturated carbocycles. The minimum atomic E-state index is 0.267. The van der Waals surface area contributed by atoms with Gasteiger partial charge < -0.3 is 10.2 Å². The Bertz CT molecular complexity index is 247. The molecular formula is C14H28N2S2. The first-order chi connectivity index (χ1) is 8.53. The van der Waals surface area contributed by atoms with Gasteiger partial charge in [-0.25, -0.2) is 0 Å². The molecule has 0 radical (unpaired) electrons. The van der Waals surface area contributed by atoms with E-state index in [4.69, 9.17) is 0 Å². The lowest BCUT2D eigenvalue weighted by atomic mass is 10.1. The Balaban J connectivity index is 1.65. The average Bonchev–Trinajstić information content (AvgIpc) is 2.75. The van der Waals surface area contributed by atoms with Crippen molar-refractivity contribution in [3.8, 4) is 0 Å². The van der Waals surface area contributed by atoms with Crippen molar-refractivity contribution in [3.05, 3.63) is 0 Å². The molecule has 2 aliphatic heterocycles. The van der Waals surface area contributed by atoms with Crippen LogP contribution in [-0.2, 0) is 0 Å². The van der Waals surface area contributed by atoms with Crippen molar-refractivity contribution >= 4 is 23.5 Å². The first-order valence-electron chi connectivity index (χ1n) is 7.20. The fourth-order valence-electron chi connectivity index (χ4n) is 2.63. The molecule has 18 heavy (non-hydrogen) atoms. The third-order valence-electron chi connectivity index (χ3n) is 3.64. The molecule has 0 aromatic rings. The molecule has 2 atom stereocenters. The Morgan fingerprint density at radius 2 is 2.11 bits per heavy atom. The Hall–Kier alpha value is 0.620. The van der Waals surface area contributed by atoms with Gasteiger partial charge >= 0.3 is 0 Å². The summed E-state index contributed by atoms with van der Waals surface area (Å²) < 4.78 is 0. The quantitative estimate of drug-likeness (QED) is 0.855. The lowest BCUT2D eigenvalue weighted by Crippen LogP contribution is -2.40. The molecule has 0 aromatic heterocycles. The van der Waals surface area contributed by atoms with E-state index in [0.717, 1.165) is 11.2 Å². The molecule has 2 saturated heterocycles. The molecule has 2 aliphatic rings. The smallest absolute Gasteiger partial charge is 0.0265 e. The van der Waals surface area contributed by atoms with Crippen LogP contribution >= 0.6 is 23.5 Å². The van der Waals surface area contributed by atoms with E-state index in [2.05, 4.69) is 54.5 Å². The van der Waals surface area contributed by atoms with Crippen LogP contribution in [0.2, 0.25) is 0 Å². The largest absolute Gasteiger partial charge is 0.312 e. The summed E-state index contributed by atoms with van der Waals surface area (Å²) >= 11 is 4.33. The molecule has 0 amide bonds. The van der Waals surface area contributed by atoms with Gasteiger partial charge in [-0.05, 0) is 46.2 Å². The monoisotopic (exact) mass is 288 g/mol. The van der Waals surface area contributed by atoms with E-state index >= 15 is 0 Å². The molecule has 106 valence electrons. The summed E-state index contributed by atoms with van der Waals surface area (Å²) in [7, 11) is 0. The van der Waals surface area contributed by atoms with Crippen LogP contribution in [0.15, 0.2) is 0 Å². The second-order valence-corrected chi connectivity index (χ2v) is 9.17. The Morgan fingerprint density at radius 3 is 2.78 bits per heavy atom. The lowest BCUT2D eigenvalue weighted by molar-refractivity contribution is 0.315. The SMILES string of the molecule is CC(C)(C)NCC1CCN(CC2CSCCS2)C1. The zero-order valence-electron chi connectivity index (χ0n) is 12.1. The van der Waals surface area contributed by atoms with Gasteiger partial charge in [0, 0.05) is 41.1 Å². The van der Waals surface area contributed by atoms with E-state index in [1.807, 2.05) is 0 Å². The minimum absolute atomic E-state index is 0.267. The van der Waals surface area contributed by atoms with Crippen LogP contribution in [-0.4, -0.2) is 59.1 Å². The normalized spacial score (nSPS) is 30.8. The Kier molecular flexibility index (Phi) is 5.73. The van der Waals surface area contributed by atoms with Crippen molar-refractivity contribution in [2.75, 3.05) is 43.4 Å².